The minimum atomic E-state index is 0.0957. The summed E-state index contributed by atoms with van der Waals surface area (Å²) in [7, 11) is 1.68. The van der Waals surface area contributed by atoms with Crippen molar-refractivity contribution in [1.82, 2.24) is 0 Å². The molecule has 2 aliphatic rings. The monoisotopic (exact) mass is 395 g/mol. The average Bonchev–Trinajstić information content (AvgIpc) is 3.46. The van der Waals surface area contributed by atoms with Gasteiger partial charge in [0.05, 0.1) is 26.2 Å². The Balaban J connectivity index is 1.29. The van der Waals surface area contributed by atoms with Gasteiger partial charge < -0.3 is 19.9 Å². The molecule has 1 amide bonds. The Kier molecular flexibility index (Phi) is 6.47. The Morgan fingerprint density at radius 2 is 1.69 bits per heavy atom. The van der Waals surface area contributed by atoms with E-state index in [2.05, 4.69) is 29.6 Å². The number of anilines is 1. The van der Waals surface area contributed by atoms with Gasteiger partial charge in [-0.2, -0.15) is 0 Å². The first-order chi connectivity index (χ1) is 14.2. The highest BCUT2D eigenvalue weighted by atomic mass is 16.5. The first-order valence-electron chi connectivity index (χ1n) is 10.9. The minimum Gasteiger partial charge on any atom is -0.497 e. The Morgan fingerprint density at radius 3 is 2.31 bits per heavy atom. The minimum absolute atomic E-state index is 0.0957. The third kappa shape index (κ3) is 5.81. The lowest BCUT2D eigenvalue weighted by Gasteiger charge is -2.19. The Labute approximate surface area is 173 Å². The van der Waals surface area contributed by atoms with Gasteiger partial charge in [-0.15, -0.1) is 0 Å². The molecule has 1 saturated heterocycles. The molecule has 1 heterocycles. The third-order valence-corrected chi connectivity index (χ3v) is 6.14. The zero-order valence-electron chi connectivity index (χ0n) is 17.4. The van der Waals surface area contributed by atoms with Crippen molar-refractivity contribution in [3.05, 3.63) is 59.7 Å². The molecule has 2 fully saturated rings. The fourth-order valence-corrected chi connectivity index (χ4v) is 4.31. The maximum Gasteiger partial charge on any atom is 0.279 e. The molecule has 1 saturated carbocycles. The van der Waals surface area contributed by atoms with Crippen LogP contribution in [-0.2, 0) is 17.9 Å². The summed E-state index contributed by atoms with van der Waals surface area (Å²) in [5.41, 5.74) is 3.49. The van der Waals surface area contributed by atoms with E-state index in [4.69, 9.17) is 4.74 Å². The number of likely N-dealkylation sites (tertiary alicyclic amines) is 1. The number of hydrogen-bond acceptors (Lipinski definition) is 2. The molecule has 29 heavy (non-hydrogen) atoms. The molecule has 1 aliphatic carbocycles. The van der Waals surface area contributed by atoms with Crippen LogP contribution in [-0.4, -0.2) is 38.7 Å². The standard InChI is InChI=1S/C24H31N3O2/c1-29-23-12-6-20(7-13-23)17-27(22-10-11-22)18-24(28)25-21-8-4-19(5-9-21)16-26-14-2-3-15-26/h4-9,12-13,22H,2-3,10-11,14-18H2,1H3,(H,25,28)/p+2. The Morgan fingerprint density at radius 1 is 1.03 bits per heavy atom. The molecule has 2 aromatic rings. The van der Waals surface area contributed by atoms with Crippen LogP contribution in [0.1, 0.15) is 36.8 Å². The van der Waals surface area contributed by atoms with Crippen LogP contribution in [0, 0.1) is 0 Å². The van der Waals surface area contributed by atoms with Gasteiger partial charge in [0.25, 0.3) is 5.91 Å². The van der Waals surface area contributed by atoms with Crippen LogP contribution in [0.25, 0.3) is 0 Å². The van der Waals surface area contributed by atoms with Crippen LogP contribution in [0.3, 0.4) is 0 Å². The summed E-state index contributed by atoms with van der Waals surface area (Å²) in [4.78, 5) is 15.7. The van der Waals surface area contributed by atoms with Crippen LogP contribution in [0.15, 0.2) is 48.5 Å². The van der Waals surface area contributed by atoms with E-state index >= 15 is 0 Å². The molecule has 0 aromatic heterocycles. The third-order valence-electron chi connectivity index (χ3n) is 6.14. The number of nitrogens with one attached hydrogen (secondary N) is 3. The van der Waals surface area contributed by atoms with Gasteiger partial charge in [-0.25, -0.2) is 0 Å². The second-order valence-electron chi connectivity index (χ2n) is 8.51. The first kappa shape index (κ1) is 19.9. The highest BCUT2D eigenvalue weighted by Crippen LogP contribution is 2.17. The van der Waals surface area contributed by atoms with Gasteiger partial charge in [0.15, 0.2) is 6.54 Å². The van der Waals surface area contributed by atoms with Crippen molar-refractivity contribution in [3.63, 3.8) is 0 Å². The number of hydrogen-bond donors (Lipinski definition) is 3. The smallest absolute Gasteiger partial charge is 0.279 e. The van der Waals surface area contributed by atoms with E-state index in [1.807, 2.05) is 24.3 Å². The summed E-state index contributed by atoms with van der Waals surface area (Å²) in [6.45, 7) is 5.05. The zero-order valence-corrected chi connectivity index (χ0v) is 17.4. The summed E-state index contributed by atoms with van der Waals surface area (Å²) in [5, 5.41) is 3.09. The predicted molar refractivity (Wildman–Crippen MR) is 114 cm³/mol. The molecule has 1 aliphatic heterocycles. The van der Waals surface area contributed by atoms with E-state index in [0.717, 1.165) is 24.5 Å². The molecule has 5 nitrogen and oxygen atoms in total. The SMILES string of the molecule is COc1ccc(C[NH+](CC(=O)Nc2ccc(C[NH+]3CCCC3)cc2)C2CC2)cc1. The summed E-state index contributed by atoms with van der Waals surface area (Å²) >= 11 is 0. The van der Waals surface area contributed by atoms with Crippen LogP contribution >= 0.6 is 0 Å². The lowest BCUT2D eigenvalue weighted by atomic mass is 10.2. The Bertz CT molecular complexity index is 794. The number of ether oxygens (including phenoxy) is 1. The van der Waals surface area contributed by atoms with Crippen LogP contribution < -0.4 is 19.9 Å². The summed E-state index contributed by atoms with van der Waals surface area (Å²) < 4.78 is 5.24. The number of quaternary nitrogens is 2. The molecule has 154 valence electrons. The highest BCUT2D eigenvalue weighted by molar-refractivity contribution is 5.91. The topological polar surface area (TPSA) is 47.2 Å². The number of benzene rings is 2. The molecule has 0 spiro atoms. The van der Waals surface area contributed by atoms with Gasteiger partial charge >= 0.3 is 0 Å². The first-order valence-corrected chi connectivity index (χ1v) is 10.9. The van der Waals surface area contributed by atoms with E-state index in [1.54, 1.807) is 12.0 Å². The van der Waals surface area contributed by atoms with Gasteiger partial charge in [-0.1, -0.05) is 12.1 Å². The maximum absolute atomic E-state index is 12.7. The van der Waals surface area contributed by atoms with E-state index in [0.29, 0.717) is 12.6 Å². The van der Waals surface area contributed by atoms with Crippen molar-refractivity contribution in [1.29, 1.82) is 0 Å². The van der Waals surface area contributed by atoms with Crippen molar-refractivity contribution in [2.75, 3.05) is 32.1 Å². The molecular weight excluding hydrogens is 362 g/mol. The summed E-state index contributed by atoms with van der Waals surface area (Å²) in [5.74, 6) is 0.965. The van der Waals surface area contributed by atoms with E-state index in [9.17, 15) is 4.79 Å². The number of methoxy groups -OCH3 is 1. The number of carbonyl (C=O) groups is 1. The van der Waals surface area contributed by atoms with Crippen molar-refractivity contribution < 1.29 is 19.3 Å². The number of carbonyl (C=O) groups excluding carboxylic acids is 1. The predicted octanol–water partition coefficient (Wildman–Crippen LogP) is 1.06. The fourth-order valence-electron chi connectivity index (χ4n) is 4.31. The zero-order chi connectivity index (χ0) is 20.1. The molecule has 5 heteroatoms. The van der Waals surface area contributed by atoms with Crippen LogP contribution in [0.2, 0.25) is 0 Å². The molecule has 3 N–H and O–H groups in total. The van der Waals surface area contributed by atoms with E-state index in [1.165, 1.54) is 54.8 Å². The van der Waals surface area contributed by atoms with Crippen LogP contribution in [0.5, 0.6) is 5.75 Å². The summed E-state index contributed by atoms with van der Waals surface area (Å²) in [6, 6.07) is 17.2. The second-order valence-corrected chi connectivity index (χ2v) is 8.51. The summed E-state index contributed by atoms with van der Waals surface area (Å²) in [6.07, 6.45) is 5.12. The van der Waals surface area contributed by atoms with Gasteiger partial charge in [0.2, 0.25) is 0 Å². The van der Waals surface area contributed by atoms with Crippen molar-refractivity contribution in [3.8, 4) is 5.75 Å². The van der Waals surface area contributed by atoms with Crippen molar-refractivity contribution >= 4 is 11.6 Å². The van der Waals surface area contributed by atoms with Gasteiger partial charge in [-0.05, 0) is 36.4 Å². The van der Waals surface area contributed by atoms with Gasteiger partial charge in [0.1, 0.15) is 18.8 Å². The van der Waals surface area contributed by atoms with Gasteiger partial charge in [0, 0.05) is 42.5 Å². The molecule has 4 rings (SSSR count). The lowest BCUT2D eigenvalue weighted by molar-refractivity contribution is -0.916. The fraction of sp³-hybridized carbons (Fsp3) is 0.458. The van der Waals surface area contributed by atoms with E-state index in [-0.39, 0.29) is 5.91 Å². The Hall–Kier alpha value is -2.37. The maximum atomic E-state index is 12.7. The molecule has 0 radical (unpaired) electrons. The molecule has 1 unspecified atom stereocenters. The largest absolute Gasteiger partial charge is 0.497 e. The number of rotatable bonds is 9. The molecule has 1 atom stereocenters. The van der Waals surface area contributed by atoms with Crippen molar-refractivity contribution in [2.24, 2.45) is 0 Å². The average molecular weight is 396 g/mol. The van der Waals surface area contributed by atoms with Crippen molar-refractivity contribution in [2.45, 2.75) is 44.8 Å². The molecule has 0 bridgehead atoms. The van der Waals surface area contributed by atoms with Crippen LogP contribution in [0.4, 0.5) is 5.69 Å². The van der Waals surface area contributed by atoms with E-state index < -0.39 is 0 Å². The highest BCUT2D eigenvalue weighted by Gasteiger charge is 2.34. The van der Waals surface area contributed by atoms with Gasteiger partial charge in [-0.3, -0.25) is 4.79 Å². The molecule has 2 aromatic carbocycles. The number of amides is 1. The normalized spacial score (nSPS) is 17.8. The second kappa shape index (κ2) is 9.42. The quantitative estimate of drug-likeness (QED) is 0.595. The lowest BCUT2D eigenvalue weighted by Crippen LogP contribution is -3.13. The molecular formula is C24H33N3O2+2.